The van der Waals surface area contributed by atoms with Gasteiger partial charge in [0.25, 0.3) is 5.56 Å². The summed E-state index contributed by atoms with van der Waals surface area (Å²) in [5.74, 6) is 2.65. The van der Waals surface area contributed by atoms with Crippen molar-refractivity contribution in [3.05, 3.63) is 62.7 Å². The number of nitrogens with zero attached hydrogens (tertiary/aromatic N) is 2. The van der Waals surface area contributed by atoms with E-state index in [9.17, 15) is 9.18 Å². The van der Waals surface area contributed by atoms with E-state index in [0.29, 0.717) is 24.6 Å². The summed E-state index contributed by atoms with van der Waals surface area (Å²) in [6.45, 7) is 1.20. The monoisotopic (exact) mass is 446 g/mol. The number of aromatic nitrogens is 2. The normalized spacial score (nSPS) is 12.9. The van der Waals surface area contributed by atoms with E-state index in [4.69, 9.17) is 39.1 Å². The maximum absolute atomic E-state index is 14.8. The molecule has 1 aliphatic heterocycles. The van der Waals surface area contributed by atoms with Crippen LogP contribution in [-0.4, -0.2) is 16.0 Å². The SMILES string of the molecule is C#CCOc1ccccc1Oc1cc(-c2c(Cl)n3n(c2=O)CCCC3)c(F)cc1Cl. The van der Waals surface area contributed by atoms with Gasteiger partial charge in [0.05, 0.1) is 10.6 Å². The highest BCUT2D eigenvalue weighted by molar-refractivity contribution is 6.33. The van der Waals surface area contributed by atoms with Gasteiger partial charge >= 0.3 is 0 Å². The molecule has 0 unspecified atom stereocenters. The van der Waals surface area contributed by atoms with Crippen LogP contribution in [0.2, 0.25) is 10.2 Å². The van der Waals surface area contributed by atoms with E-state index in [1.54, 1.807) is 33.6 Å². The van der Waals surface area contributed by atoms with Crippen LogP contribution >= 0.6 is 23.2 Å². The fraction of sp³-hybridized carbons (Fsp3) is 0.227. The summed E-state index contributed by atoms with van der Waals surface area (Å²) >= 11 is 12.7. The van der Waals surface area contributed by atoms with Crippen LogP contribution in [0.3, 0.4) is 0 Å². The van der Waals surface area contributed by atoms with Crippen molar-refractivity contribution < 1.29 is 13.9 Å². The summed E-state index contributed by atoms with van der Waals surface area (Å²) in [5.41, 5.74) is -0.222. The minimum absolute atomic E-state index is 0.0285. The topological polar surface area (TPSA) is 45.4 Å². The van der Waals surface area contributed by atoms with Crippen molar-refractivity contribution >= 4 is 23.2 Å². The van der Waals surface area contributed by atoms with Gasteiger partial charge in [0.2, 0.25) is 0 Å². The van der Waals surface area contributed by atoms with E-state index in [1.807, 2.05) is 0 Å². The Labute approximate surface area is 182 Å². The van der Waals surface area contributed by atoms with Crippen LogP contribution in [0, 0.1) is 18.2 Å². The van der Waals surface area contributed by atoms with Gasteiger partial charge in [-0.15, -0.1) is 6.42 Å². The highest BCUT2D eigenvalue weighted by atomic mass is 35.5. The third-order valence-corrected chi connectivity index (χ3v) is 5.51. The fourth-order valence-corrected chi connectivity index (χ4v) is 3.99. The van der Waals surface area contributed by atoms with Crippen molar-refractivity contribution in [1.82, 2.24) is 9.36 Å². The lowest BCUT2D eigenvalue weighted by Crippen LogP contribution is -2.27. The minimum atomic E-state index is -0.660. The Balaban J connectivity index is 1.78. The van der Waals surface area contributed by atoms with Crippen LogP contribution in [0.4, 0.5) is 4.39 Å². The molecule has 1 aliphatic rings. The van der Waals surface area contributed by atoms with Crippen LogP contribution in [0.5, 0.6) is 17.2 Å². The predicted octanol–water partition coefficient (Wildman–Crippen LogP) is 5.36. The highest BCUT2D eigenvalue weighted by Crippen LogP contribution is 2.39. The zero-order chi connectivity index (χ0) is 21.3. The first-order valence-electron chi connectivity index (χ1n) is 9.33. The van der Waals surface area contributed by atoms with Gasteiger partial charge in [0.1, 0.15) is 23.3 Å². The van der Waals surface area contributed by atoms with Crippen molar-refractivity contribution in [1.29, 1.82) is 0 Å². The van der Waals surface area contributed by atoms with Gasteiger partial charge in [0.15, 0.2) is 11.5 Å². The maximum atomic E-state index is 14.8. The van der Waals surface area contributed by atoms with Gasteiger partial charge in [-0.2, -0.15) is 0 Å². The summed E-state index contributed by atoms with van der Waals surface area (Å²) in [6, 6.07) is 9.36. The Bertz CT molecular complexity index is 1210. The molecule has 30 heavy (non-hydrogen) atoms. The second kappa shape index (κ2) is 8.47. The number of halogens is 3. The van der Waals surface area contributed by atoms with Gasteiger partial charge in [-0.05, 0) is 37.1 Å². The molecule has 4 rings (SSSR count). The molecule has 154 valence electrons. The molecule has 2 aromatic carbocycles. The molecule has 0 N–H and O–H groups in total. The van der Waals surface area contributed by atoms with Gasteiger partial charge < -0.3 is 9.47 Å². The highest BCUT2D eigenvalue weighted by Gasteiger charge is 2.25. The average molecular weight is 447 g/mol. The predicted molar refractivity (Wildman–Crippen MR) is 114 cm³/mol. The van der Waals surface area contributed by atoms with Gasteiger partial charge in [-0.1, -0.05) is 41.3 Å². The molecule has 0 bridgehead atoms. The Kier molecular flexibility index (Phi) is 5.76. The van der Waals surface area contributed by atoms with E-state index < -0.39 is 5.82 Å². The van der Waals surface area contributed by atoms with Crippen molar-refractivity contribution in [2.24, 2.45) is 0 Å². The third kappa shape index (κ3) is 3.67. The van der Waals surface area contributed by atoms with E-state index in [-0.39, 0.29) is 39.2 Å². The molecular weight excluding hydrogens is 430 g/mol. The van der Waals surface area contributed by atoms with Crippen molar-refractivity contribution in [3.63, 3.8) is 0 Å². The van der Waals surface area contributed by atoms with Gasteiger partial charge in [0, 0.05) is 18.7 Å². The molecule has 3 aromatic rings. The Hall–Kier alpha value is -2.88. The number of benzene rings is 2. The summed E-state index contributed by atoms with van der Waals surface area (Å²) in [6.07, 6.45) is 7.02. The number of para-hydroxylation sites is 2. The van der Waals surface area contributed by atoms with Crippen molar-refractivity contribution in [2.75, 3.05) is 6.61 Å². The molecule has 0 fully saturated rings. The third-order valence-electron chi connectivity index (χ3n) is 4.83. The Morgan fingerprint density at radius 3 is 2.47 bits per heavy atom. The van der Waals surface area contributed by atoms with Crippen LogP contribution < -0.4 is 15.0 Å². The van der Waals surface area contributed by atoms with Crippen LogP contribution in [0.25, 0.3) is 11.1 Å². The molecule has 0 radical (unpaired) electrons. The number of hydrogen-bond acceptors (Lipinski definition) is 3. The van der Waals surface area contributed by atoms with E-state index >= 15 is 0 Å². The molecule has 0 spiro atoms. The van der Waals surface area contributed by atoms with Crippen LogP contribution in [0.1, 0.15) is 12.8 Å². The molecule has 2 heterocycles. The summed E-state index contributed by atoms with van der Waals surface area (Å²) in [7, 11) is 0. The molecule has 8 heteroatoms. The first kappa shape index (κ1) is 20.4. The number of hydrogen-bond donors (Lipinski definition) is 0. The molecular formula is C22H17Cl2FN2O3. The largest absolute Gasteiger partial charge is 0.477 e. The van der Waals surface area contributed by atoms with Crippen LogP contribution in [-0.2, 0) is 13.1 Å². The fourth-order valence-electron chi connectivity index (χ4n) is 3.44. The molecule has 0 aliphatic carbocycles. The molecule has 5 nitrogen and oxygen atoms in total. The zero-order valence-corrected chi connectivity index (χ0v) is 17.3. The standard InChI is InChI=1S/C22H17Cl2FN2O3/c1-2-11-29-17-7-3-4-8-18(17)30-19-12-14(16(25)13-15(19)23)20-21(24)26-9-5-6-10-27(26)22(20)28/h1,3-4,7-8,12-13H,5-6,9-11H2. The molecule has 0 atom stereocenters. The smallest absolute Gasteiger partial charge is 0.276 e. The second-order valence-corrected chi connectivity index (χ2v) is 7.49. The summed E-state index contributed by atoms with van der Waals surface area (Å²) in [4.78, 5) is 12.9. The summed E-state index contributed by atoms with van der Waals surface area (Å²) in [5, 5.41) is 0.243. The van der Waals surface area contributed by atoms with E-state index in [0.717, 1.165) is 18.9 Å². The number of rotatable bonds is 5. The van der Waals surface area contributed by atoms with Gasteiger partial charge in [-0.3, -0.25) is 9.48 Å². The van der Waals surface area contributed by atoms with Crippen molar-refractivity contribution in [2.45, 2.75) is 25.9 Å². The molecule has 0 saturated heterocycles. The minimum Gasteiger partial charge on any atom is -0.477 e. The number of ether oxygens (including phenoxy) is 2. The quantitative estimate of drug-likeness (QED) is 0.495. The van der Waals surface area contributed by atoms with Gasteiger partial charge in [-0.25, -0.2) is 9.07 Å². The number of fused-ring (bicyclic) bond motifs is 1. The van der Waals surface area contributed by atoms with Crippen LogP contribution in [0.15, 0.2) is 41.2 Å². The molecule has 0 amide bonds. The first-order chi connectivity index (χ1) is 14.5. The zero-order valence-electron chi connectivity index (χ0n) is 15.8. The first-order valence-corrected chi connectivity index (χ1v) is 10.1. The molecule has 1 aromatic heterocycles. The lowest BCUT2D eigenvalue weighted by molar-refractivity contribution is 0.346. The van der Waals surface area contributed by atoms with Crippen molar-refractivity contribution in [3.8, 4) is 40.7 Å². The second-order valence-electron chi connectivity index (χ2n) is 6.73. The van der Waals surface area contributed by atoms with E-state index in [2.05, 4.69) is 5.92 Å². The van der Waals surface area contributed by atoms with E-state index in [1.165, 1.54) is 6.07 Å². The maximum Gasteiger partial charge on any atom is 0.276 e. The Morgan fingerprint density at radius 1 is 1.07 bits per heavy atom. The lowest BCUT2D eigenvalue weighted by Gasteiger charge is -2.17. The molecule has 0 saturated carbocycles. The Morgan fingerprint density at radius 2 is 1.77 bits per heavy atom. The lowest BCUT2D eigenvalue weighted by atomic mass is 10.1. The average Bonchev–Trinajstić information content (AvgIpc) is 3.00. The summed E-state index contributed by atoms with van der Waals surface area (Å²) < 4.78 is 29.4. The number of terminal acetylenes is 1.